The third kappa shape index (κ3) is 22.5. The number of amides is 2. The summed E-state index contributed by atoms with van der Waals surface area (Å²) >= 11 is 0. The van der Waals surface area contributed by atoms with Crippen molar-refractivity contribution in [2.24, 2.45) is 9.98 Å². The number of carboxylic acid groups (broad SMARTS) is 2. The van der Waals surface area contributed by atoms with Crippen molar-refractivity contribution in [3.8, 4) is 0 Å². The number of carbonyl (C=O) groups excluding carboxylic acids is 2. The van der Waals surface area contributed by atoms with Crippen LogP contribution in [0.25, 0.3) is 0 Å². The zero-order chi connectivity index (χ0) is 52.1. The van der Waals surface area contributed by atoms with Crippen molar-refractivity contribution in [2.45, 2.75) is 295 Å². The van der Waals surface area contributed by atoms with E-state index in [1.54, 1.807) is 0 Å². The third-order valence-electron chi connectivity index (χ3n) is 14.9. The molecule has 14 nitrogen and oxygen atoms in total. The van der Waals surface area contributed by atoms with Gasteiger partial charge in [-0.15, -0.1) is 20.5 Å². The van der Waals surface area contributed by atoms with E-state index in [0.29, 0.717) is 50.0 Å². The summed E-state index contributed by atoms with van der Waals surface area (Å²) in [7, 11) is 2.78. The fraction of sp³-hybridized carbons (Fsp3) is 0.889. The molecule has 0 saturated carbocycles. The Bertz CT molecular complexity index is 1480. The van der Waals surface area contributed by atoms with Gasteiger partial charge in [-0.2, -0.15) is 0 Å². The lowest BCUT2D eigenvalue weighted by molar-refractivity contribution is -0.254. The number of hydrogen-bond donors (Lipinski definition) is 4. The van der Waals surface area contributed by atoms with E-state index in [4.69, 9.17) is 9.98 Å². The first-order valence-corrected chi connectivity index (χ1v) is 30.2. The molecule has 2 amide bonds. The molecule has 0 spiro atoms. The molecule has 2 heterocycles. The first-order valence-electron chi connectivity index (χ1n) is 27.7. The molecule has 0 fully saturated rings. The van der Waals surface area contributed by atoms with Crippen molar-refractivity contribution in [3.63, 3.8) is 0 Å². The van der Waals surface area contributed by atoms with E-state index in [-0.39, 0.29) is 37.5 Å². The largest absolute Gasteiger partial charge is 0.480 e. The van der Waals surface area contributed by atoms with Crippen molar-refractivity contribution in [1.29, 1.82) is 0 Å². The highest BCUT2D eigenvalue weighted by atomic mass is 33.1. The highest BCUT2D eigenvalue weighted by molar-refractivity contribution is 8.76. The van der Waals surface area contributed by atoms with Crippen molar-refractivity contribution in [2.75, 3.05) is 11.5 Å². The molecule has 2 aliphatic heterocycles. The zero-order valence-corrected chi connectivity index (χ0v) is 46.8. The van der Waals surface area contributed by atoms with Gasteiger partial charge in [0.2, 0.25) is 11.8 Å². The Morgan fingerprint density at radius 2 is 0.757 bits per heavy atom. The maximum absolute atomic E-state index is 13.7. The summed E-state index contributed by atoms with van der Waals surface area (Å²) in [5.41, 5.74) is -1.73. The van der Waals surface area contributed by atoms with Gasteiger partial charge in [-0.3, -0.25) is 19.6 Å². The van der Waals surface area contributed by atoms with Gasteiger partial charge in [0, 0.05) is 35.8 Å². The molecule has 404 valence electrons. The molecule has 0 aliphatic carbocycles. The number of unbranched alkanes of at least 4 members (excludes halogenated alkanes) is 20. The first kappa shape index (κ1) is 63.9. The molecule has 16 heteroatoms. The summed E-state index contributed by atoms with van der Waals surface area (Å²) in [6.45, 7) is 15.8. The van der Waals surface area contributed by atoms with E-state index in [2.05, 4.69) is 24.5 Å². The zero-order valence-electron chi connectivity index (χ0n) is 45.1. The second-order valence-corrected chi connectivity index (χ2v) is 24.2. The van der Waals surface area contributed by atoms with Gasteiger partial charge >= 0.3 is 11.9 Å². The smallest absolute Gasteiger partial charge is 0.326 e. The van der Waals surface area contributed by atoms with Crippen LogP contribution in [0.15, 0.2) is 9.98 Å². The molecule has 70 heavy (non-hydrogen) atoms. The molecular formula is C54H98N6O8S2. The predicted molar refractivity (Wildman–Crippen MR) is 288 cm³/mol. The van der Waals surface area contributed by atoms with Crippen LogP contribution < -0.4 is 10.6 Å². The minimum atomic E-state index is -1.13. The molecular weight excluding hydrogens is 925 g/mol. The number of hydroxylamine groups is 4. The van der Waals surface area contributed by atoms with Crippen LogP contribution in [0.3, 0.4) is 0 Å². The average molecular weight is 1020 g/mol. The highest BCUT2D eigenvalue weighted by Crippen LogP contribution is 2.42. The van der Waals surface area contributed by atoms with E-state index in [1.165, 1.54) is 124 Å². The minimum Gasteiger partial charge on any atom is -0.480 e. The lowest BCUT2D eigenvalue weighted by Crippen LogP contribution is -2.51. The van der Waals surface area contributed by atoms with Crippen LogP contribution in [0.2, 0.25) is 0 Å². The normalized spacial score (nSPS) is 20.8. The van der Waals surface area contributed by atoms with Crippen LogP contribution in [0, 0.1) is 0 Å². The van der Waals surface area contributed by atoms with Crippen LogP contribution in [0.4, 0.5) is 0 Å². The summed E-state index contributed by atoms with van der Waals surface area (Å²) in [5.74, 6) is -2.23. The molecule has 4 atom stereocenters. The highest BCUT2D eigenvalue weighted by Gasteiger charge is 2.52. The Labute approximate surface area is 432 Å². The van der Waals surface area contributed by atoms with Gasteiger partial charge < -0.3 is 20.8 Å². The fourth-order valence-corrected chi connectivity index (χ4v) is 12.1. The summed E-state index contributed by atoms with van der Waals surface area (Å²) in [5, 5.41) is 54.7. The molecule has 2 aliphatic rings. The van der Waals surface area contributed by atoms with Gasteiger partial charge in [0.15, 0.2) is 0 Å². The third-order valence-corrected chi connectivity index (χ3v) is 17.4. The van der Waals surface area contributed by atoms with E-state index >= 15 is 0 Å². The number of hydrogen-bond acceptors (Lipinski definition) is 10. The minimum absolute atomic E-state index is 0.0833. The molecule has 2 rings (SSSR count). The lowest BCUT2D eigenvalue weighted by atomic mass is 9.93. The van der Waals surface area contributed by atoms with Gasteiger partial charge in [-0.1, -0.05) is 164 Å². The average Bonchev–Trinajstić information content (AvgIpc) is 3.58. The van der Waals surface area contributed by atoms with Crippen molar-refractivity contribution in [3.05, 3.63) is 0 Å². The number of nitrogens with one attached hydrogen (secondary N) is 2. The molecule has 0 bridgehead atoms. The van der Waals surface area contributed by atoms with E-state index in [9.17, 15) is 39.8 Å². The number of carbonyl (C=O) groups is 4. The number of aliphatic imine (C=N–C) groups is 2. The second-order valence-electron chi connectivity index (χ2n) is 21.5. The molecule has 0 aromatic heterocycles. The standard InChI is InChI=1S/C54H98N6O8S2/c1-9-11-13-15-17-19-21-23-25-27-29-37-53(57-43(3)51(5,6)59(53)67)39-31-33-47(61)55-45(49(63)64)35-41-69-70-42-36-46(50(65)66)56-48(62)34-32-40-54(58-44(4)52(7,8)60(54)68)38-30-28-26-24-22-20-18-16-14-12-10-2/h45-46H,9-42H2,1-8H3,(H,55,61)(H,56,62)(H,63,64)(H,65,66). The van der Waals surface area contributed by atoms with Crippen molar-refractivity contribution < 1.29 is 39.8 Å². The first-order chi connectivity index (χ1) is 33.3. The van der Waals surface area contributed by atoms with Crippen LogP contribution in [0.1, 0.15) is 261 Å². The van der Waals surface area contributed by atoms with Crippen molar-refractivity contribution >= 4 is 56.8 Å². The molecule has 2 radical (unpaired) electrons. The van der Waals surface area contributed by atoms with Gasteiger partial charge in [-0.05, 0) is 106 Å². The summed E-state index contributed by atoms with van der Waals surface area (Å²) < 4.78 is 0. The Balaban J connectivity index is 1.75. The van der Waals surface area contributed by atoms with Crippen LogP contribution in [-0.2, 0) is 29.6 Å². The molecule has 0 aromatic rings. The molecule has 4 unspecified atom stereocenters. The molecule has 0 aromatic carbocycles. The van der Waals surface area contributed by atoms with Gasteiger partial charge in [-0.25, -0.2) is 9.59 Å². The number of carboxylic acids is 2. The number of aliphatic carboxylic acids is 2. The SMILES string of the molecule is CCCCCCCCCCCCCC1(CCCC(=O)NC(CCSSCCC(NC(=O)CCCC2(CCCCCCCCCCCCC)N=C(C)C(C)(C)N2[O])C(=O)O)C(=O)O)N=C(C)C(C)(C)N1[O]. The van der Waals surface area contributed by atoms with E-state index < -0.39 is 46.4 Å². The second kappa shape index (κ2) is 34.3. The number of nitrogens with zero attached hydrogens (tertiary/aromatic N) is 4. The maximum atomic E-state index is 13.7. The Hall–Kier alpha value is -2.24. The van der Waals surface area contributed by atoms with Gasteiger partial charge in [0.1, 0.15) is 23.4 Å². The van der Waals surface area contributed by atoms with E-state index in [1.807, 2.05) is 41.5 Å². The maximum Gasteiger partial charge on any atom is 0.326 e. The summed E-state index contributed by atoms with van der Waals surface area (Å²) in [6, 6.07) is -2.17. The molecule has 4 N–H and O–H groups in total. The van der Waals surface area contributed by atoms with Gasteiger partial charge in [0.25, 0.3) is 0 Å². The number of rotatable bonds is 43. The monoisotopic (exact) mass is 1020 g/mol. The lowest BCUT2D eigenvalue weighted by Gasteiger charge is -2.36. The summed E-state index contributed by atoms with van der Waals surface area (Å²) in [4.78, 5) is 60.1. The topological polar surface area (TPSA) is 204 Å². The fourth-order valence-electron chi connectivity index (χ4n) is 9.91. The van der Waals surface area contributed by atoms with Gasteiger partial charge in [0.05, 0.1) is 11.1 Å². The van der Waals surface area contributed by atoms with Crippen molar-refractivity contribution in [1.82, 2.24) is 20.8 Å². The summed E-state index contributed by atoms with van der Waals surface area (Å²) in [6.07, 6.45) is 30.0. The predicted octanol–water partition coefficient (Wildman–Crippen LogP) is 13.2. The Morgan fingerprint density at radius 3 is 1.01 bits per heavy atom. The van der Waals surface area contributed by atoms with Crippen LogP contribution in [-0.4, -0.2) is 102 Å². The Morgan fingerprint density at radius 1 is 0.486 bits per heavy atom. The Kier molecular flexibility index (Phi) is 31.3. The molecule has 0 saturated heterocycles. The van der Waals surface area contributed by atoms with Crippen LogP contribution >= 0.6 is 21.6 Å². The van der Waals surface area contributed by atoms with E-state index in [0.717, 1.165) is 60.1 Å². The van der Waals surface area contributed by atoms with Crippen LogP contribution in [0.5, 0.6) is 0 Å². The quantitative estimate of drug-likeness (QED) is 0.0336.